The average Bonchev–Trinajstić information content (AvgIpc) is 2.69. The zero-order valence-electron chi connectivity index (χ0n) is 10.3. The number of phenols is 1. The second-order valence-corrected chi connectivity index (χ2v) is 4.83. The van der Waals surface area contributed by atoms with E-state index in [2.05, 4.69) is 12.2 Å². The predicted octanol–water partition coefficient (Wildman–Crippen LogP) is 2.13. The molecule has 1 aromatic carbocycles. The van der Waals surface area contributed by atoms with Gasteiger partial charge in [-0.15, -0.1) is 0 Å². The van der Waals surface area contributed by atoms with Crippen LogP contribution in [0, 0.1) is 0 Å². The van der Waals surface area contributed by atoms with Crippen molar-refractivity contribution in [2.45, 2.75) is 44.8 Å². The zero-order valence-corrected chi connectivity index (χ0v) is 10.3. The third-order valence-electron chi connectivity index (χ3n) is 3.43. The summed E-state index contributed by atoms with van der Waals surface area (Å²) < 4.78 is 0. The van der Waals surface area contributed by atoms with Crippen molar-refractivity contribution in [1.29, 1.82) is 0 Å². The molecule has 0 heterocycles. The van der Waals surface area contributed by atoms with Gasteiger partial charge in [0.2, 0.25) is 0 Å². The fourth-order valence-electron chi connectivity index (χ4n) is 2.53. The summed E-state index contributed by atoms with van der Waals surface area (Å²) in [5.74, 6) is 0.343. The molecule has 2 atom stereocenters. The molecule has 0 bridgehead atoms. The minimum absolute atomic E-state index is 0.249. The number of aliphatic hydroxyl groups is 1. The molecule has 3 heteroatoms. The minimum atomic E-state index is -0.249. The molecule has 0 aliphatic heterocycles. The summed E-state index contributed by atoms with van der Waals surface area (Å²) in [6.45, 7) is 2.73. The lowest BCUT2D eigenvalue weighted by atomic mass is 10.1. The molecule has 3 N–H and O–H groups in total. The first-order chi connectivity index (χ1) is 8.20. The number of phenolic OH excluding ortho intramolecular Hbond substituents is 1. The number of aryl methyl sites for hydroxylation is 1. The van der Waals surface area contributed by atoms with Gasteiger partial charge in [-0.1, -0.05) is 19.4 Å². The van der Waals surface area contributed by atoms with Crippen molar-refractivity contribution < 1.29 is 10.2 Å². The summed E-state index contributed by atoms with van der Waals surface area (Å²) in [6.07, 6.45) is 3.67. The van der Waals surface area contributed by atoms with Crippen molar-refractivity contribution in [3.8, 4) is 5.75 Å². The molecular formula is C14H21NO2. The number of aliphatic hydroxyl groups excluding tert-OH is 1. The van der Waals surface area contributed by atoms with Gasteiger partial charge in [-0.3, -0.25) is 0 Å². The standard InChI is InChI=1S/C14H21NO2/c1-2-3-12(17)9-15-14-7-4-10-8-11(16)5-6-13(10)14/h5-6,8,12,14-17H,2-4,7,9H2,1H3. The van der Waals surface area contributed by atoms with Crippen LogP contribution in [0.4, 0.5) is 0 Å². The van der Waals surface area contributed by atoms with E-state index in [9.17, 15) is 10.2 Å². The molecule has 2 rings (SSSR count). The Morgan fingerprint density at radius 2 is 2.29 bits per heavy atom. The van der Waals surface area contributed by atoms with E-state index in [1.165, 1.54) is 11.1 Å². The van der Waals surface area contributed by atoms with E-state index < -0.39 is 0 Å². The zero-order chi connectivity index (χ0) is 12.3. The number of nitrogens with one attached hydrogen (secondary N) is 1. The highest BCUT2D eigenvalue weighted by molar-refractivity contribution is 5.39. The molecule has 0 saturated carbocycles. The maximum atomic E-state index is 9.70. The van der Waals surface area contributed by atoms with E-state index in [4.69, 9.17) is 0 Å². The van der Waals surface area contributed by atoms with Gasteiger partial charge in [-0.2, -0.15) is 0 Å². The van der Waals surface area contributed by atoms with Crippen LogP contribution >= 0.6 is 0 Å². The average molecular weight is 235 g/mol. The van der Waals surface area contributed by atoms with E-state index in [0.29, 0.717) is 18.3 Å². The highest BCUT2D eigenvalue weighted by Gasteiger charge is 2.22. The number of benzene rings is 1. The Kier molecular flexibility index (Phi) is 4.02. The summed E-state index contributed by atoms with van der Waals surface area (Å²) in [7, 11) is 0. The third kappa shape index (κ3) is 2.99. The molecule has 0 radical (unpaired) electrons. The lowest BCUT2D eigenvalue weighted by Gasteiger charge is -2.17. The van der Waals surface area contributed by atoms with Crippen LogP contribution in [-0.4, -0.2) is 22.9 Å². The van der Waals surface area contributed by atoms with Gasteiger partial charge < -0.3 is 15.5 Å². The first-order valence-electron chi connectivity index (χ1n) is 6.44. The number of fused-ring (bicyclic) bond motifs is 1. The molecule has 0 saturated heterocycles. The molecule has 0 aromatic heterocycles. The fourth-order valence-corrected chi connectivity index (χ4v) is 2.53. The Morgan fingerprint density at radius 1 is 1.47 bits per heavy atom. The van der Waals surface area contributed by atoms with E-state index in [1.54, 1.807) is 6.07 Å². The smallest absolute Gasteiger partial charge is 0.115 e. The van der Waals surface area contributed by atoms with Gasteiger partial charge in [-0.05, 0) is 42.5 Å². The van der Waals surface area contributed by atoms with E-state index in [0.717, 1.165) is 25.7 Å². The molecule has 1 aliphatic rings. The van der Waals surface area contributed by atoms with Crippen molar-refractivity contribution in [2.24, 2.45) is 0 Å². The minimum Gasteiger partial charge on any atom is -0.508 e. The van der Waals surface area contributed by atoms with Crippen LogP contribution in [0.3, 0.4) is 0 Å². The van der Waals surface area contributed by atoms with Crippen LogP contribution in [0.2, 0.25) is 0 Å². The molecule has 3 nitrogen and oxygen atoms in total. The van der Waals surface area contributed by atoms with Gasteiger partial charge in [0.25, 0.3) is 0 Å². The fraction of sp³-hybridized carbons (Fsp3) is 0.571. The van der Waals surface area contributed by atoms with Crippen molar-refractivity contribution in [3.63, 3.8) is 0 Å². The second-order valence-electron chi connectivity index (χ2n) is 4.83. The second kappa shape index (κ2) is 5.52. The van der Waals surface area contributed by atoms with Crippen LogP contribution in [0.15, 0.2) is 18.2 Å². The Bertz CT molecular complexity index is 378. The Balaban J connectivity index is 1.93. The molecule has 0 fully saturated rings. The van der Waals surface area contributed by atoms with Crippen LogP contribution in [0.1, 0.15) is 43.4 Å². The molecular weight excluding hydrogens is 214 g/mol. The first-order valence-corrected chi connectivity index (χ1v) is 6.44. The van der Waals surface area contributed by atoms with E-state index in [1.807, 2.05) is 12.1 Å². The first kappa shape index (κ1) is 12.4. The quantitative estimate of drug-likeness (QED) is 0.733. The summed E-state index contributed by atoms with van der Waals surface area (Å²) in [5, 5.41) is 22.5. The number of hydrogen-bond donors (Lipinski definition) is 3. The number of rotatable bonds is 5. The largest absolute Gasteiger partial charge is 0.508 e. The monoisotopic (exact) mass is 235 g/mol. The maximum absolute atomic E-state index is 9.70. The van der Waals surface area contributed by atoms with Crippen molar-refractivity contribution in [2.75, 3.05) is 6.54 Å². The maximum Gasteiger partial charge on any atom is 0.115 e. The van der Waals surface area contributed by atoms with Gasteiger partial charge in [0.05, 0.1) is 6.10 Å². The van der Waals surface area contributed by atoms with Crippen LogP contribution < -0.4 is 5.32 Å². The van der Waals surface area contributed by atoms with Crippen molar-refractivity contribution in [1.82, 2.24) is 5.32 Å². The van der Waals surface area contributed by atoms with Gasteiger partial charge in [0.15, 0.2) is 0 Å². The Morgan fingerprint density at radius 3 is 3.06 bits per heavy atom. The summed E-state index contributed by atoms with van der Waals surface area (Å²) >= 11 is 0. The molecule has 0 amide bonds. The third-order valence-corrected chi connectivity index (χ3v) is 3.43. The lowest BCUT2D eigenvalue weighted by Crippen LogP contribution is -2.29. The summed E-state index contributed by atoms with van der Waals surface area (Å²) in [6, 6.07) is 5.90. The molecule has 0 spiro atoms. The SMILES string of the molecule is CCCC(O)CNC1CCc2cc(O)ccc21. The van der Waals surface area contributed by atoms with Gasteiger partial charge in [0.1, 0.15) is 5.75 Å². The van der Waals surface area contributed by atoms with E-state index in [-0.39, 0.29) is 6.10 Å². The van der Waals surface area contributed by atoms with Crippen molar-refractivity contribution in [3.05, 3.63) is 29.3 Å². The van der Waals surface area contributed by atoms with Crippen LogP contribution in [0.5, 0.6) is 5.75 Å². The Hall–Kier alpha value is -1.06. The molecule has 2 unspecified atom stereocenters. The highest BCUT2D eigenvalue weighted by atomic mass is 16.3. The van der Waals surface area contributed by atoms with Crippen molar-refractivity contribution >= 4 is 0 Å². The van der Waals surface area contributed by atoms with Crippen LogP contribution in [0.25, 0.3) is 0 Å². The number of hydrogen-bond acceptors (Lipinski definition) is 3. The van der Waals surface area contributed by atoms with Gasteiger partial charge in [0, 0.05) is 12.6 Å². The topological polar surface area (TPSA) is 52.5 Å². The molecule has 17 heavy (non-hydrogen) atoms. The normalized spacial score (nSPS) is 20.2. The molecule has 1 aromatic rings. The molecule has 1 aliphatic carbocycles. The van der Waals surface area contributed by atoms with Gasteiger partial charge in [-0.25, -0.2) is 0 Å². The summed E-state index contributed by atoms with van der Waals surface area (Å²) in [5.41, 5.74) is 2.50. The summed E-state index contributed by atoms with van der Waals surface area (Å²) in [4.78, 5) is 0. The van der Waals surface area contributed by atoms with E-state index >= 15 is 0 Å². The lowest BCUT2D eigenvalue weighted by molar-refractivity contribution is 0.156. The van der Waals surface area contributed by atoms with Gasteiger partial charge >= 0.3 is 0 Å². The van der Waals surface area contributed by atoms with Crippen LogP contribution in [-0.2, 0) is 6.42 Å². The number of aromatic hydroxyl groups is 1. The highest BCUT2D eigenvalue weighted by Crippen LogP contribution is 2.33. The molecule has 94 valence electrons. The Labute approximate surface area is 102 Å². The predicted molar refractivity (Wildman–Crippen MR) is 68.1 cm³/mol.